The van der Waals surface area contributed by atoms with E-state index in [0.29, 0.717) is 23.7 Å². The van der Waals surface area contributed by atoms with E-state index in [2.05, 4.69) is 0 Å². The van der Waals surface area contributed by atoms with Gasteiger partial charge in [-0.2, -0.15) is 0 Å². The molecule has 120 valence electrons. The summed E-state index contributed by atoms with van der Waals surface area (Å²) >= 11 is 1.72. The highest BCUT2D eigenvalue weighted by molar-refractivity contribution is 8.00. The average Bonchev–Trinajstić information content (AvgIpc) is 3.19. The summed E-state index contributed by atoms with van der Waals surface area (Å²) in [6.07, 6.45) is 0. The molecule has 4 aliphatic carbocycles. The molecule has 0 N–H and O–H groups in total. The normalized spacial score (nSPS) is 57.2. The zero-order chi connectivity index (χ0) is 15.6. The van der Waals surface area contributed by atoms with E-state index in [9.17, 15) is 14.4 Å². The van der Waals surface area contributed by atoms with Gasteiger partial charge in [0.25, 0.3) is 0 Å². The fourth-order valence-corrected chi connectivity index (χ4v) is 9.81. The number of hydrogen-bond acceptors (Lipinski definition) is 5. The first-order chi connectivity index (χ1) is 11.0. The summed E-state index contributed by atoms with van der Waals surface area (Å²) in [6, 6.07) is 0.190. The largest absolute Gasteiger partial charge is 0.451 e. The number of ether oxygens (including phenoxy) is 1. The van der Waals surface area contributed by atoms with Gasteiger partial charge in [-0.05, 0) is 23.7 Å². The van der Waals surface area contributed by atoms with Gasteiger partial charge in [0.05, 0.1) is 17.5 Å². The van der Waals surface area contributed by atoms with Gasteiger partial charge in [0, 0.05) is 25.1 Å². The van der Waals surface area contributed by atoms with Gasteiger partial charge in [0.15, 0.2) is 5.44 Å². The number of carbonyl (C=O) groups is 1. The quantitative estimate of drug-likeness (QED) is 0.652. The number of hydrogen-bond donors (Lipinski definition) is 0. The molecule has 9 atom stereocenters. The molecule has 1 saturated heterocycles. The highest BCUT2D eigenvalue weighted by Gasteiger charge is 3.06. The Balaban J connectivity index is 1.55. The van der Waals surface area contributed by atoms with Gasteiger partial charge in [0.1, 0.15) is 0 Å². The van der Waals surface area contributed by atoms with E-state index in [1.165, 1.54) is 11.5 Å². The molecule has 23 heavy (non-hydrogen) atoms. The molecule has 5 fully saturated rings. The molecule has 7 aliphatic rings. The number of rotatable bonds is 1. The smallest absolute Gasteiger partial charge is 0.347 e. The third-order valence-electron chi connectivity index (χ3n) is 7.98. The predicted octanol–water partition coefficient (Wildman–Crippen LogP) is -0.428. The van der Waals surface area contributed by atoms with Gasteiger partial charge in [-0.25, -0.2) is 23.5 Å². The van der Waals surface area contributed by atoms with Crippen LogP contribution in [0.3, 0.4) is 0 Å². The van der Waals surface area contributed by atoms with Gasteiger partial charge in [-0.15, -0.1) is 11.8 Å². The highest BCUT2D eigenvalue weighted by Crippen LogP contribution is 3.05. The Kier molecular flexibility index (Phi) is 1.49. The van der Waals surface area contributed by atoms with Crippen molar-refractivity contribution < 1.29 is 9.53 Å². The number of aromatic nitrogens is 3. The molecule has 1 aromatic heterocycles. The first-order valence-electron chi connectivity index (χ1n) is 8.18. The van der Waals surface area contributed by atoms with Gasteiger partial charge < -0.3 is 4.74 Å². The molecule has 7 nitrogen and oxygen atoms in total. The topological polar surface area (TPSA) is 75.2 Å². The van der Waals surface area contributed by atoms with Crippen molar-refractivity contribution >= 4 is 17.7 Å². The van der Waals surface area contributed by atoms with E-state index in [1.807, 2.05) is 0 Å². The van der Waals surface area contributed by atoms with Crippen LogP contribution in [-0.4, -0.2) is 31.1 Å². The zero-order valence-electron chi connectivity index (χ0n) is 12.6. The number of carbonyl (C=O) groups excluding carboxylic acids is 1. The molecule has 2 bridgehead atoms. The van der Waals surface area contributed by atoms with Crippen LogP contribution in [0.4, 0.5) is 0 Å². The number of thioether (sulfide) groups is 1. The molecule has 1 aromatic rings. The first-order valence-corrected chi connectivity index (χ1v) is 9.23. The average molecular weight is 333 g/mol. The van der Waals surface area contributed by atoms with Crippen LogP contribution in [0.1, 0.15) is 19.0 Å². The summed E-state index contributed by atoms with van der Waals surface area (Å²) in [7, 11) is 1.57. The lowest BCUT2D eigenvalue weighted by molar-refractivity contribution is -0.148. The second-order valence-corrected chi connectivity index (χ2v) is 9.19. The summed E-state index contributed by atoms with van der Waals surface area (Å²) in [5.74, 6) is 2.98. The summed E-state index contributed by atoms with van der Waals surface area (Å²) in [5.41, 5.74) is -0.532. The maximum absolute atomic E-state index is 12.7. The van der Waals surface area contributed by atoms with E-state index >= 15 is 0 Å². The Morgan fingerprint density at radius 2 is 1.83 bits per heavy atom. The van der Waals surface area contributed by atoms with Gasteiger partial charge in [-0.1, -0.05) is 0 Å². The minimum atomic E-state index is -0.246. The molecule has 0 amide bonds. The number of nitrogens with zero attached hydrogens (tertiary/aromatic N) is 3. The molecule has 8 heteroatoms. The van der Waals surface area contributed by atoms with Gasteiger partial charge >= 0.3 is 17.3 Å². The Morgan fingerprint density at radius 1 is 1.17 bits per heavy atom. The number of esters is 1. The van der Waals surface area contributed by atoms with Gasteiger partial charge in [0.2, 0.25) is 0 Å². The lowest BCUT2D eigenvalue weighted by Gasteiger charge is -2.46. The molecule has 4 heterocycles. The van der Waals surface area contributed by atoms with Crippen LogP contribution in [0, 0.1) is 34.5 Å². The van der Waals surface area contributed by atoms with Crippen molar-refractivity contribution in [1.82, 2.24) is 13.9 Å². The summed E-state index contributed by atoms with van der Waals surface area (Å²) in [4.78, 5) is 36.9. The standard InChI is InChI=1S/C15H15N3O4S/c1-4(19)22-11-15-8-5-6-7(5)10(15)18-13(21)16(2)12(20)17(18)9(6)14(8,15)3-23-11/h5-11H,3H2,1-2H3. The van der Waals surface area contributed by atoms with E-state index in [4.69, 9.17) is 4.74 Å². The highest BCUT2D eigenvalue weighted by atomic mass is 32.2. The second kappa shape index (κ2) is 2.85. The van der Waals surface area contributed by atoms with Crippen LogP contribution in [-0.2, 0) is 16.6 Å². The lowest BCUT2D eigenvalue weighted by atomic mass is 9.72. The van der Waals surface area contributed by atoms with Gasteiger partial charge in [-0.3, -0.25) is 4.79 Å². The van der Waals surface area contributed by atoms with Crippen molar-refractivity contribution in [2.24, 2.45) is 41.5 Å². The van der Waals surface area contributed by atoms with Crippen molar-refractivity contribution in [3.05, 3.63) is 21.0 Å². The van der Waals surface area contributed by atoms with E-state index < -0.39 is 0 Å². The molecule has 9 unspecified atom stereocenters. The fraction of sp³-hybridized carbons (Fsp3) is 0.800. The van der Waals surface area contributed by atoms with Crippen LogP contribution in [0.25, 0.3) is 0 Å². The zero-order valence-corrected chi connectivity index (χ0v) is 13.4. The molecule has 0 radical (unpaired) electrons. The van der Waals surface area contributed by atoms with Crippen LogP contribution >= 0.6 is 11.8 Å². The van der Waals surface area contributed by atoms with Crippen LogP contribution in [0.5, 0.6) is 0 Å². The summed E-state index contributed by atoms with van der Waals surface area (Å²) in [5, 5.41) is 0. The molecule has 0 aromatic carbocycles. The maximum atomic E-state index is 12.7. The molecule has 3 aliphatic heterocycles. The van der Waals surface area contributed by atoms with Crippen LogP contribution in [0.15, 0.2) is 9.59 Å². The SMILES string of the molecule is CC(=O)OC1SCC23C4C5C6C5C2C13C6n1c(=O)n(C)c(=O)n14. The molecular formula is C15H15N3O4S. The molecular weight excluding hydrogens is 318 g/mol. The third-order valence-corrected chi connectivity index (χ3v) is 9.41. The Labute approximate surface area is 134 Å². The van der Waals surface area contributed by atoms with E-state index in [1.54, 1.807) is 28.2 Å². The molecule has 4 saturated carbocycles. The lowest BCUT2D eigenvalue weighted by Crippen LogP contribution is -2.54. The monoisotopic (exact) mass is 333 g/mol. The fourth-order valence-electron chi connectivity index (χ4n) is 7.80. The summed E-state index contributed by atoms with van der Waals surface area (Å²) < 4.78 is 10.4. The molecule has 2 spiro atoms. The van der Waals surface area contributed by atoms with Crippen molar-refractivity contribution in [3.8, 4) is 0 Å². The maximum Gasteiger partial charge on any atom is 0.347 e. The summed E-state index contributed by atoms with van der Waals surface area (Å²) in [6.45, 7) is 1.46. The minimum absolute atomic E-state index is 0.0493. The Hall–Kier alpha value is -1.44. The van der Waals surface area contributed by atoms with Crippen molar-refractivity contribution in [3.63, 3.8) is 0 Å². The first kappa shape index (κ1) is 12.0. The van der Waals surface area contributed by atoms with Crippen LogP contribution < -0.4 is 11.4 Å². The Bertz CT molecular complexity index is 976. The third kappa shape index (κ3) is 0.776. The predicted molar refractivity (Wildman–Crippen MR) is 78.8 cm³/mol. The van der Waals surface area contributed by atoms with Crippen molar-refractivity contribution in [1.29, 1.82) is 0 Å². The van der Waals surface area contributed by atoms with Crippen LogP contribution in [0.2, 0.25) is 0 Å². The van der Waals surface area contributed by atoms with Crippen molar-refractivity contribution in [2.45, 2.75) is 24.4 Å². The Morgan fingerprint density at radius 3 is 2.52 bits per heavy atom. The van der Waals surface area contributed by atoms with E-state index in [0.717, 1.165) is 5.75 Å². The molecule has 8 rings (SSSR count). The second-order valence-electron chi connectivity index (χ2n) is 8.14. The minimum Gasteiger partial charge on any atom is -0.451 e. The van der Waals surface area contributed by atoms with Crippen molar-refractivity contribution in [2.75, 3.05) is 5.75 Å². The van der Waals surface area contributed by atoms with E-state index in [-0.39, 0.29) is 45.7 Å².